The number of nitrogens with zero attached hydrogens (tertiary/aromatic N) is 3. The number of rotatable bonds is 3. The Morgan fingerprint density at radius 1 is 1.09 bits per heavy atom. The fourth-order valence-electron chi connectivity index (χ4n) is 5.66. The Kier molecular flexibility index (Phi) is 6.47. The van der Waals surface area contributed by atoms with Gasteiger partial charge in [0.1, 0.15) is 11.4 Å². The van der Waals surface area contributed by atoms with Gasteiger partial charge in [-0.05, 0) is 98.6 Å². The van der Waals surface area contributed by atoms with Crippen LogP contribution in [-0.2, 0) is 11.2 Å². The number of nitriles is 1. The summed E-state index contributed by atoms with van der Waals surface area (Å²) in [5, 5.41) is 9.48. The molecule has 2 aromatic carbocycles. The third-order valence-corrected chi connectivity index (χ3v) is 7.46. The molecular weight excluding hydrogens is 430 g/mol. The first-order valence-electron chi connectivity index (χ1n) is 12.7. The smallest absolute Gasteiger partial charge is 0.265 e. The number of fused-ring (bicyclic) bond motifs is 1. The second-order valence-electron chi connectivity index (χ2n) is 9.98. The van der Waals surface area contributed by atoms with Crippen LogP contribution in [0.1, 0.15) is 61.6 Å². The van der Waals surface area contributed by atoms with Gasteiger partial charge in [0.2, 0.25) is 0 Å². The lowest BCUT2D eigenvalue weighted by molar-refractivity contribution is -0.0285. The van der Waals surface area contributed by atoms with Crippen molar-refractivity contribution in [2.45, 2.75) is 63.9 Å². The van der Waals surface area contributed by atoms with Crippen LogP contribution in [0.25, 0.3) is 10.9 Å². The highest BCUT2D eigenvalue weighted by Gasteiger charge is 2.38. The number of hydrogen-bond acceptors (Lipinski definition) is 3. The molecule has 1 fully saturated rings. The number of hydrogen-bond donors (Lipinski definition) is 0. The van der Waals surface area contributed by atoms with Crippen molar-refractivity contribution in [3.05, 3.63) is 99.8 Å². The summed E-state index contributed by atoms with van der Waals surface area (Å²) in [7, 11) is 0. The lowest BCUT2D eigenvalue weighted by Crippen LogP contribution is -2.37. The van der Waals surface area contributed by atoms with Gasteiger partial charge in [0.05, 0.1) is 12.6 Å². The van der Waals surface area contributed by atoms with Crippen molar-refractivity contribution in [1.82, 2.24) is 0 Å². The third-order valence-electron chi connectivity index (χ3n) is 7.46. The Morgan fingerprint density at radius 3 is 2.63 bits per heavy atom. The first kappa shape index (κ1) is 23.0. The van der Waals surface area contributed by atoms with E-state index in [-0.39, 0.29) is 11.3 Å². The van der Waals surface area contributed by atoms with E-state index in [2.05, 4.69) is 71.3 Å². The van der Waals surface area contributed by atoms with Gasteiger partial charge in [0, 0.05) is 24.3 Å². The lowest BCUT2D eigenvalue weighted by Gasteiger charge is -2.41. The maximum Gasteiger partial charge on any atom is 0.265 e. The fourth-order valence-corrected chi connectivity index (χ4v) is 5.66. The number of benzene rings is 2. The number of allylic oxidation sites excluding steroid dienone is 3. The molecule has 0 amide bonds. The second kappa shape index (κ2) is 9.85. The standard InChI is InChI=1S/C31H31N3O/c1-23-8-12-27(13-9-23)34-18-6-7-25-19-24(11-15-30(25)34)10-14-28-20-26(29(22-32)33-2)21-31(35-28)16-4-3-5-17-31/h8-15,19-20H,3-7,16-18,21H2,1H3/b14-10+,29-26-. The maximum atomic E-state index is 9.48. The highest BCUT2D eigenvalue weighted by Crippen LogP contribution is 2.43. The highest BCUT2D eigenvalue weighted by atomic mass is 16.5. The van der Waals surface area contributed by atoms with Crippen molar-refractivity contribution < 1.29 is 4.74 Å². The Balaban J connectivity index is 1.42. The van der Waals surface area contributed by atoms with Crippen molar-refractivity contribution >= 4 is 17.5 Å². The van der Waals surface area contributed by atoms with E-state index in [1.54, 1.807) is 0 Å². The zero-order chi connectivity index (χ0) is 24.3. The fraction of sp³-hybridized carbons (Fsp3) is 0.355. The van der Waals surface area contributed by atoms with Crippen LogP contribution in [0.4, 0.5) is 11.4 Å². The summed E-state index contributed by atoms with van der Waals surface area (Å²) in [6.07, 6.45) is 14.3. The molecule has 1 aliphatic carbocycles. The molecule has 0 bridgehead atoms. The molecule has 0 unspecified atom stereocenters. The van der Waals surface area contributed by atoms with Gasteiger partial charge < -0.3 is 9.64 Å². The second-order valence-corrected chi connectivity index (χ2v) is 9.98. The summed E-state index contributed by atoms with van der Waals surface area (Å²) >= 11 is 0. The van der Waals surface area contributed by atoms with Crippen molar-refractivity contribution in [2.24, 2.45) is 0 Å². The van der Waals surface area contributed by atoms with Gasteiger partial charge in [-0.3, -0.25) is 0 Å². The van der Waals surface area contributed by atoms with Crippen molar-refractivity contribution in [2.75, 3.05) is 11.4 Å². The third kappa shape index (κ3) is 4.89. The summed E-state index contributed by atoms with van der Waals surface area (Å²) in [5.74, 6) is 0.753. The quantitative estimate of drug-likeness (QED) is 0.346. The van der Waals surface area contributed by atoms with E-state index in [0.717, 1.165) is 62.0 Å². The SMILES string of the molecule is [C-]#[N+]/C(C#N)=C1C=C(/C=C/c2ccc3c(c2)CCCN3c2ccc(C)cc2)OC2(CCCCC2)C/1. The van der Waals surface area contributed by atoms with Crippen LogP contribution in [0.15, 0.2) is 71.6 Å². The molecule has 4 nitrogen and oxygen atoms in total. The van der Waals surface area contributed by atoms with Gasteiger partial charge >= 0.3 is 0 Å². The largest absolute Gasteiger partial charge is 0.487 e. The Morgan fingerprint density at radius 2 is 1.89 bits per heavy atom. The molecule has 1 saturated carbocycles. The minimum absolute atomic E-state index is 0.189. The maximum absolute atomic E-state index is 9.48. The molecule has 0 radical (unpaired) electrons. The molecule has 1 spiro atoms. The topological polar surface area (TPSA) is 40.6 Å². The van der Waals surface area contributed by atoms with Crippen LogP contribution in [0.2, 0.25) is 0 Å². The molecule has 0 N–H and O–H groups in total. The van der Waals surface area contributed by atoms with E-state index in [0.29, 0.717) is 6.42 Å². The Bertz CT molecular complexity index is 1260. The molecule has 35 heavy (non-hydrogen) atoms. The predicted octanol–water partition coefficient (Wildman–Crippen LogP) is 7.80. The molecule has 4 heteroatoms. The highest BCUT2D eigenvalue weighted by molar-refractivity contribution is 5.70. The first-order valence-corrected chi connectivity index (χ1v) is 12.7. The molecule has 0 atom stereocenters. The molecule has 0 saturated heterocycles. The van der Waals surface area contributed by atoms with Gasteiger partial charge in [-0.2, -0.15) is 0 Å². The van der Waals surface area contributed by atoms with Crippen LogP contribution < -0.4 is 4.90 Å². The summed E-state index contributed by atoms with van der Waals surface area (Å²) in [6.45, 7) is 10.6. The van der Waals surface area contributed by atoms with Gasteiger partial charge in [0.25, 0.3) is 5.70 Å². The minimum atomic E-state index is -0.279. The van der Waals surface area contributed by atoms with Crippen molar-refractivity contribution in [3.8, 4) is 6.07 Å². The van der Waals surface area contributed by atoms with Gasteiger partial charge in [0.15, 0.2) is 0 Å². The Hall–Kier alpha value is -3.76. The van der Waals surface area contributed by atoms with Gasteiger partial charge in [-0.25, -0.2) is 10.1 Å². The van der Waals surface area contributed by atoms with Crippen molar-refractivity contribution in [1.29, 1.82) is 5.26 Å². The van der Waals surface area contributed by atoms with E-state index in [9.17, 15) is 5.26 Å². The van der Waals surface area contributed by atoms with Crippen molar-refractivity contribution in [3.63, 3.8) is 0 Å². The average Bonchev–Trinajstić information content (AvgIpc) is 2.88. The summed E-state index contributed by atoms with van der Waals surface area (Å²) in [6, 6.07) is 17.5. The first-order chi connectivity index (χ1) is 17.1. The van der Waals surface area contributed by atoms with Gasteiger partial charge in [-0.15, -0.1) is 0 Å². The van der Waals surface area contributed by atoms with Crippen LogP contribution in [0, 0.1) is 24.8 Å². The minimum Gasteiger partial charge on any atom is -0.487 e. The molecule has 3 aliphatic rings. The zero-order valence-corrected chi connectivity index (χ0v) is 20.4. The van der Waals surface area contributed by atoms with E-state index < -0.39 is 0 Å². The monoisotopic (exact) mass is 461 g/mol. The molecule has 5 rings (SSSR count). The Labute approximate surface area is 208 Å². The lowest BCUT2D eigenvalue weighted by atomic mass is 9.78. The van der Waals surface area contributed by atoms with Crippen LogP contribution in [-0.4, -0.2) is 12.1 Å². The molecule has 176 valence electrons. The summed E-state index contributed by atoms with van der Waals surface area (Å²) in [4.78, 5) is 5.90. The van der Waals surface area contributed by atoms with E-state index >= 15 is 0 Å². The normalized spacial score (nSPS) is 20.4. The van der Waals surface area contributed by atoms with E-state index in [1.807, 2.05) is 12.2 Å². The van der Waals surface area contributed by atoms with Gasteiger partial charge in [-0.1, -0.05) is 36.3 Å². The summed E-state index contributed by atoms with van der Waals surface area (Å²) in [5.41, 5.74) is 7.03. The summed E-state index contributed by atoms with van der Waals surface area (Å²) < 4.78 is 6.52. The molecule has 2 heterocycles. The number of ether oxygens (including phenoxy) is 1. The van der Waals surface area contributed by atoms with Crippen LogP contribution >= 0.6 is 0 Å². The van der Waals surface area contributed by atoms with E-state index in [4.69, 9.17) is 11.3 Å². The molecule has 0 aromatic heterocycles. The zero-order valence-electron chi connectivity index (χ0n) is 20.4. The number of anilines is 2. The number of aryl methyl sites for hydroxylation is 2. The van der Waals surface area contributed by atoms with E-state index in [1.165, 1.54) is 28.9 Å². The predicted molar refractivity (Wildman–Crippen MR) is 141 cm³/mol. The van der Waals surface area contributed by atoms with Crippen LogP contribution in [0.5, 0.6) is 0 Å². The average molecular weight is 462 g/mol. The van der Waals surface area contributed by atoms with Crippen LogP contribution in [0.3, 0.4) is 0 Å². The molecule has 2 aromatic rings. The molecule has 2 aliphatic heterocycles. The molecular formula is C31H31N3O.